The van der Waals surface area contributed by atoms with E-state index in [-0.39, 0.29) is 5.41 Å². The number of nitrogens with two attached hydrogens (primary N) is 2. The van der Waals surface area contributed by atoms with Crippen molar-refractivity contribution in [1.29, 1.82) is 0 Å². The van der Waals surface area contributed by atoms with Crippen LogP contribution >= 0.6 is 11.6 Å². The highest BCUT2D eigenvalue weighted by molar-refractivity contribution is 6.34. The molecule has 0 spiro atoms. The smallest absolute Gasteiger partial charge is 0.250 e. The fourth-order valence-corrected chi connectivity index (χ4v) is 3.00. The number of carbonyl (C=O) groups is 1. The molecule has 2 rings (SSSR count). The van der Waals surface area contributed by atoms with Crippen LogP contribution in [0.3, 0.4) is 0 Å². The fourth-order valence-electron chi connectivity index (χ4n) is 2.71. The van der Waals surface area contributed by atoms with Crippen LogP contribution in [0.5, 0.6) is 0 Å². The summed E-state index contributed by atoms with van der Waals surface area (Å²) in [5.74, 6) is -0.520. The van der Waals surface area contributed by atoms with E-state index in [2.05, 4.69) is 12.2 Å². The zero-order chi connectivity index (χ0) is 14.0. The van der Waals surface area contributed by atoms with E-state index in [1.54, 1.807) is 12.1 Å². The van der Waals surface area contributed by atoms with Gasteiger partial charge in [-0.05, 0) is 30.4 Å². The summed E-state index contributed by atoms with van der Waals surface area (Å²) < 4.78 is 0. The molecule has 5 N–H and O–H groups in total. The monoisotopic (exact) mass is 281 g/mol. The number of benzene rings is 1. The summed E-state index contributed by atoms with van der Waals surface area (Å²) in [4.78, 5) is 11.5. The molecule has 5 heteroatoms. The zero-order valence-electron chi connectivity index (χ0n) is 11.1. The summed E-state index contributed by atoms with van der Waals surface area (Å²) in [7, 11) is 0. The Bertz CT molecular complexity index is 496. The Morgan fingerprint density at radius 2 is 2.05 bits per heavy atom. The highest BCUT2D eigenvalue weighted by atomic mass is 35.5. The first-order chi connectivity index (χ1) is 8.91. The third kappa shape index (κ3) is 3.13. The number of hydrogen-bond donors (Lipinski definition) is 3. The van der Waals surface area contributed by atoms with Crippen LogP contribution in [0, 0.1) is 5.41 Å². The van der Waals surface area contributed by atoms with Gasteiger partial charge in [-0.1, -0.05) is 31.4 Å². The SMILES string of the molecule is CC1(CNc2c(Cl)cc(N)cc2C(N)=O)CCCC1. The lowest BCUT2D eigenvalue weighted by atomic mass is 9.89. The molecule has 1 aromatic carbocycles. The van der Waals surface area contributed by atoms with Gasteiger partial charge in [-0.15, -0.1) is 0 Å². The third-order valence-electron chi connectivity index (χ3n) is 3.88. The van der Waals surface area contributed by atoms with Crippen molar-refractivity contribution in [2.75, 3.05) is 17.6 Å². The molecule has 0 heterocycles. The van der Waals surface area contributed by atoms with Crippen LogP contribution < -0.4 is 16.8 Å². The van der Waals surface area contributed by atoms with Crippen LogP contribution in [0.1, 0.15) is 43.0 Å². The fraction of sp³-hybridized carbons (Fsp3) is 0.500. The average Bonchev–Trinajstić information content (AvgIpc) is 2.74. The summed E-state index contributed by atoms with van der Waals surface area (Å²) in [6.45, 7) is 3.04. The molecule has 0 aliphatic heterocycles. The van der Waals surface area contributed by atoms with Crippen molar-refractivity contribution >= 4 is 28.9 Å². The summed E-state index contributed by atoms with van der Waals surface area (Å²) in [5, 5.41) is 3.72. The van der Waals surface area contributed by atoms with Crippen LogP contribution in [0.25, 0.3) is 0 Å². The van der Waals surface area contributed by atoms with E-state index in [0.717, 1.165) is 6.54 Å². The number of primary amides is 1. The Morgan fingerprint density at radius 3 is 2.63 bits per heavy atom. The van der Waals surface area contributed by atoms with Gasteiger partial charge in [0.15, 0.2) is 0 Å². The van der Waals surface area contributed by atoms with Gasteiger partial charge in [-0.2, -0.15) is 0 Å². The molecule has 4 nitrogen and oxygen atoms in total. The summed E-state index contributed by atoms with van der Waals surface area (Å²) in [6.07, 6.45) is 4.91. The van der Waals surface area contributed by atoms with Crippen LogP contribution in [0.4, 0.5) is 11.4 Å². The number of halogens is 1. The number of anilines is 2. The van der Waals surface area contributed by atoms with Gasteiger partial charge in [0.2, 0.25) is 0 Å². The Hall–Kier alpha value is -1.42. The van der Waals surface area contributed by atoms with E-state index in [9.17, 15) is 4.79 Å². The molecule has 1 saturated carbocycles. The van der Waals surface area contributed by atoms with Gasteiger partial charge in [0.25, 0.3) is 5.91 Å². The molecule has 1 fully saturated rings. The van der Waals surface area contributed by atoms with Crippen molar-refractivity contribution in [3.8, 4) is 0 Å². The highest BCUT2D eigenvalue weighted by Crippen LogP contribution is 2.38. The molecule has 0 bridgehead atoms. The molecule has 0 aromatic heterocycles. The first-order valence-electron chi connectivity index (χ1n) is 6.54. The molecular formula is C14H20ClN3O. The second-order valence-corrected chi connectivity index (χ2v) is 6.07. The number of carbonyl (C=O) groups excluding carboxylic acids is 1. The van der Waals surface area contributed by atoms with Crippen LogP contribution in [0.2, 0.25) is 5.02 Å². The standard InChI is InChI=1S/C14H20ClN3O/c1-14(4-2-3-5-14)8-18-12-10(13(17)19)6-9(16)7-11(12)15/h6-7,18H,2-5,8,16H2,1H3,(H2,17,19). The number of rotatable bonds is 4. The van der Waals surface area contributed by atoms with E-state index in [1.807, 2.05) is 0 Å². The molecule has 0 radical (unpaired) electrons. The molecule has 1 aliphatic carbocycles. The minimum absolute atomic E-state index is 0.264. The largest absolute Gasteiger partial charge is 0.399 e. The van der Waals surface area contributed by atoms with Gasteiger partial charge < -0.3 is 16.8 Å². The molecule has 0 saturated heterocycles. The molecule has 1 amide bonds. The minimum Gasteiger partial charge on any atom is -0.399 e. The molecule has 1 aromatic rings. The van der Waals surface area contributed by atoms with Crippen molar-refractivity contribution in [2.24, 2.45) is 11.1 Å². The summed E-state index contributed by atoms with van der Waals surface area (Å²) >= 11 is 6.16. The Balaban J connectivity index is 2.21. The first kappa shape index (κ1) is 14.0. The second kappa shape index (κ2) is 5.29. The average molecular weight is 282 g/mol. The number of nitrogens with one attached hydrogen (secondary N) is 1. The quantitative estimate of drug-likeness (QED) is 0.742. The van der Waals surface area contributed by atoms with E-state index >= 15 is 0 Å². The van der Waals surface area contributed by atoms with Crippen molar-refractivity contribution in [3.05, 3.63) is 22.7 Å². The minimum atomic E-state index is -0.520. The number of hydrogen-bond acceptors (Lipinski definition) is 3. The first-order valence-corrected chi connectivity index (χ1v) is 6.92. The maximum absolute atomic E-state index is 11.5. The van der Waals surface area contributed by atoms with Crippen molar-refractivity contribution < 1.29 is 4.79 Å². The number of nitrogen functional groups attached to an aromatic ring is 1. The Labute approximate surface area is 118 Å². The highest BCUT2D eigenvalue weighted by Gasteiger charge is 2.29. The van der Waals surface area contributed by atoms with Crippen molar-refractivity contribution in [2.45, 2.75) is 32.6 Å². The molecular weight excluding hydrogens is 262 g/mol. The summed E-state index contributed by atoms with van der Waals surface area (Å²) in [6, 6.07) is 3.20. The Kier molecular flexibility index (Phi) is 3.90. The normalized spacial score (nSPS) is 17.4. The van der Waals surface area contributed by atoms with Crippen LogP contribution in [-0.2, 0) is 0 Å². The van der Waals surface area contributed by atoms with Gasteiger partial charge in [0.05, 0.1) is 16.3 Å². The van der Waals surface area contributed by atoms with E-state index in [1.165, 1.54) is 25.7 Å². The lowest BCUT2D eigenvalue weighted by Crippen LogP contribution is -2.25. The predicted molar refractivity (Wildman–Crippen MR) is 79.4 cm³/mol. The van der Waals surface area contributed by atoms with Crippen molar-refractivity contribution in [3.63, 3.8) is 0 Å². The van der Waals surface area contributed by atoms with Crippen LogP contribution in [-0.4, -0.2) is 12.5 Å². The number of amides is 1. The maximum Gasteiger partial charge on any atom is 0.250 e. The van der Waals surface area contributed by atoms with Gasteiger partial charge in [0, 0.05) is 12.2 Å². The zero-order valence-corrected chi connectivity index (χ0v) is 11.9. The lowest BCUT2D eigenvalue weighted by molar-refractivity contribution is 0.100. The lowest BCUT2D eigenvalue weighted by Gasteiger charge is -2.25. The predicted octanol–water partition coefficient (Wildman–Crippen LogP) is 3.01. The van der Waals surface area contributed by atoms with Gasteiger partial charge >= 0.3 is 0 Å². The molecule has 104 valence electrons. The van der Waals surface area contributed by atoms with Gasteiger partial charge in [0.1, 0.15) is 0 Å². The van der Waals surface area contributed by atoms with E-state index in [4.69, 9.17) is 23.1 Å². The second-order valence-electron chi connectivity index (χ2n) is 5.66. The molecule has 0 atom stereocenters. The maximum atomic E-state index is 11.5. The molecule has 19 heavy (non-hydrogen) atoms. The third-order valence-corrected chi connectivity index (χ3v) is 4.18. The molecule has 0 unspecified atom stereocenters. The van der Waals surface area contributed by atoms with Gasteiger partial charge in [-0.25, -0.2) is 0 Å². The van der Waals surface area contributed by atoms with E-state index < -0.39 is 5.91 Å². The van der Waals surface area contributed by atoms with E-state index in [0.29, 0.717) is 22.0 Å². The Morgan fingerprint density at radius 1 is 1.42 bits per heavy atom. The topological polar surface area (TPSA) is 81.1 Å². The van der Waals surface area contributed by atoms with Crippen LogP contribution in [0.15, 0.2) is 12.1 Å². The van der Waals surface area contributed by atoms with Crippen molar-refractivity contribution in [1.82, 2.24) is 0 Å². The molecule has 1 aliphatic rings. The summed E-state index contributed by atoms with van der Waals surface area (Å²) in [5.41, 5.74) is 12.7. The van der Waals surface area contributed by atoms with Gasteiger partial charge in [-0.3, -0.25) is 4.79 Å².